The molecule has 11 atom stereocenters. The Morgan fingerprint density at radius 3 is 1.38 bits per heavy atom. The number of carbonyl (C=O) groups is 3. The van der Waals surface area contributed by atoms with Crippen LogP contribution in [0.15, 0.2) is 110 Å². The highest BCUT2D eigenvalue weighted by Crippen LogP contribution is 2.51. The Labute approximate surface area is 528 Å². The molecular formula is C64H89BrF2N8O6S4. The second-order valence-corrected chi connectivity index (χ2v) is 32.2. The summed E-state index contributed by atoms with van der Waals surface area (Å²) in [6.45, 7) is 35.7. The van der Waals surface area contributed by atoms with Gasteiger partial charge >= 0.3 is 0 Å². The number of hydrogen-bond acceptors (Lipinski definition) is 14. The number of carbonyl (C=O) groups excluding carboxylic acids is 3. The third-order valence-corrected chi connectivity index (χ3v) is 24.6. The topological polar surface area (TPSA) is 209 Å². The Kier molecular flexibility index (Phi) is 22.2. The molecule has 0 radical (unpaired) electrons. The van der Waals surface area contributed by atoms with Gasteiger partial charge in [0.1, 0.15) is 25.7 Å². The monoisotopic (exact) mass is 1310 g/mol. The highest BCUT2D eigenvalue weighted by Gasteiger charge is 2.57. The van der Waals surface area contributed by atoms with Crippen molar-refractivity contribution in [1.29, 1.82) is 0 Å². The quantitative estimate of drug-likeness (QED) is 0.0907. The summed E-state index contributed by atoms with van der Waals surface area (Å²) in [7, 11) is 0. The number of nitrogens with one attached hydrogen (secondary N) is 4. The smallest absolute Gasteiger partial charge is 0.245 e. The molecule has 3 aromatic rings. The number of amidine groups is 4. The van der Waals surface area contributed by atoms with Gasteiger partial charge in [0.15, 0.2) is 20.7 Å². The molecule has 3 amide bonds. The Morgan fingerprint density at radius 2 is 1.01 bits per heavy atom. The van der Waals surface area contributed by atoms with Crippen molar-refractivity contribution in [2.24, 2.45) is 37.2 Å². The first-order chi connectivity index (χ1) is 39.2. The van der Waals surface area contributed by atoms with E-state index < -0.39 is 35.9 Å². The zero-order valence-corrected chi connectivity index (χ0v) is 57.2. The van der Waals surface area contributed by atoms with Crippen LogP contribution in [0, 0.1) is 30.0 Å². The maximum absolute atomic E-state index is 14.4. The van der Waals surface area contributed by atoms with Crippen LogP contribution in [0.25, 0.3) is 0 Å². The van der Waals surface area contributed by atoms with Gasteiger partial charge in [0.2, 0.25) is 17.7 Å². The van der Waals surface area contributed by atoms with E-state index in [0.29, 0.717) is 45.9 Å². The van der Waals surface area contributed by atoms with Crippen LogP contribution in [-0.4, -0.2) is 102 Å². The van der Waals surface area contributed by atoms with Gasteiger partial charge in [-0.2, -0.15) is 0 Å². The summed E-state index contributed by atoms with van der Waals surface area (Å²) in [4.78, 5) is 55.4. The molecule has 4 aliphatic heterocycles. The van der Waals surface area contributed by atoms with E-state index >= 15 is 0 Å². The van der Waals surface area contributed by atoms with Crippen LogP contribution in [0.4, 0.5) is 8.78 Å². The van der Waals surface area contributed by atoms with Crippen LogP contribution in [0.2, 0.25) is 0 Å². The second kappa shape index (κ2) is 26.9. The molecule has 2 aliphatic carbocycles. The summed E-state index contributed by atoms with van der Waals surface area (Å²) in [6, 6.07) is 22.5. The Hall–Kier alpha value is -4.09. The van der Waals surface area contributed by atoms with Crippen molar-refractivity contribution < 1.29 is 38.5 Å². The summed E-state index contributed by atoms with van der Waals surface area (Å²) in [5.41, 5.74) is 1.30. The van der Waals surface area contributed by atoms with Gasteiger partial charge in [-0.15, -0.1) is 0 Å². The number of benzene rings is 3. The number of fused-ring (bicyclic) bond motifs is 2. The molecule has 6 aliphatic rings. The standard InChI is InChI=1S/C17H23FN2O2S.C16H21BrN2OS.C16H22N2O2S.C15H23FN2OS/c1-5-17(22,6-2)16(4)14(21)20-15(23-16)19-11(3)12-7-9-13(18)10-8-12;1-10(11-6-8-12(17)9-7-11)18-14-19-13(20)16(5,21-14)15(2,3)4;1-10-6-8-12(9-7-10)11(2)17-14-18-13(19)16(5,21-14)15(3,4)20;1-8-15(4,14(2,3)16)20-13(17-8)18-11-6-10-5-9(11)7-12(10)19/h7-11,22H,5-6H2,1-4H3,(H,19,20,21);6-10H,1-5H3,(H,18,19,20);6-9,11,20H,1-5H3,(H,17,18,19);9-12,19H,1,5-7H2,2-4H3,(H,17,18)/t11-,16-;10-,16?;11-,16?;9-,10-,11+,12+,15?/m0001/s1. The van der Waals surface area contributed by atoms with E-state index in [1.165, 1.54) is 64.7 Å². The zero-order valence-electron chi connectivity index (χ0n) is 52.3. The van der Waals surface area contributed by atoms with Crippen LogP contribution in [0.1, 0.15) is 183 Å². The van der Waals surface area contributed by atoms with Gasteiger partial charge in [-0.25, -0.2) is 8.78 Å². The van der Waals surface area contributed by atoms with Crippen molar-refractivity contribution in [3.05, 3.63) is 118 Å². The van der Waals surface area contributed by atoms with E-state index in [9.17, 15) is 38.5 Å². The molecule has 3 aromatic carbocycles. The number of nitrogens with zero attached hydrogens (tertiary/aromatic N) is 4. The molecule has 7 N–H and O–H groups in total. The van der Waals surface area contributed by atoms with E-state index in [2.05, 4.69) is 79.5 Å². The van der Waals surface area contributed by atoms with Crippen LogP contribution in [0.3, 0.4) is 0 Å². The number of aliphatic hydroxyl groups is 3. The predicted octanol–water partition coefficient (Wildman–Crippen LogP) is 13.6. The summed E-state index contributed by atoms with van der Waals surface area (Å²) in [6.07, 6.45) is 3.75. The molecule has 466 valence electrons. The number of halogens is 3. The van der Waals surface area contributed by atoms with Gasteiger partial charge in [-0.05, 0) is 173 Å². The number of aryl methyl sites for hydroxylation is 1. The van der Waals surface area contributed by atoms with E-state index in [4.69, 9.17) is 4.99 Å². The van der Waals surface area contributed by atoms with Crippen LogP contribution < -0.4 is 21.3 Å². The van der Waals surface area contributed by atoms with Crippen LogP contribution >= 0.6 is 63.0 Å². The minimum atomic E-state index is -1.36. The number of aliphatic imine (C=N–C) groups is 4. The molecule has 4 heterocycles. The van der Waals surface area contributed by atoms with E-state index in [1.807, 2.05) is 104 Å². The molecule has 2 bridgehead atoms. The number of amides is 3. The number of hydrogen-bond donors (Lipinski definition) is 7. The SMILES string of the molecule is C=C1NC(=N[C@H]2C[C@H]3C[C@@H]2C[C@@H]3O)SC1(C)C(C)(C)F.CCC(O)(CC)[C@@]1(C)SC(=N[C@@H](C)c2ccc(F)cc2)NC1=O.C[C@H](N=C1NC(=O)C(C)(C(C)(C)C)S1)c1ccc(Br)cc1.Cc1ccc([C@H](C)N=C2NC(=O)C(C)(C(C)(C)O)S2)cc1. The number of rotatable bonds is 12. The van der Waals surface area contributed by atoms with Gasteiger partial charge in [0.25, 0.3) is 0 Å². The maximum Gasteiger partial charge on any atom is 0.245 e. The molecule has 0 spiro atoms. The van der Waals surface area contributed by atoms with E-state index in [-0.39, 0.29) is 59.2 Å². The highest BCUT2D eigenvalue weighted by atomic mass is 79.9. The van der Waals surface area contributed by atoms with Crippen molar-refractivity contribution >= 4 is 101 Å². The Balaban J connectivity index is 0.000000182. The molecule has 6 fully saturated rings. The Morgan fingerprint density at radius 1 is 0.612 bits per heavy atom. The predicted molar refractivity (Wildman–Crippen MR) is 354 cm³/mol. The van der Waals surface area contributed by atoms with Crippen LogP contribution in [0.5, 0.6) is 0 Å². The molecule has 3 unspecified atom stereocenters. The van der Waals surface area contributed by atoms with Crippen molar-refractivity contribution in [1.82, 2.24) is 21.3 Å². The summed E-state index contributed by atoms with van der Waals surface area (Å²) in [5, 5.41) is 45.0. The normalized spacial score (nSPS) is 30.4. The molecule has 14 nitrogen and oxygen atoms in total. The van der Waals surface area contributed by atoms with Gasteiger partial charge in [0.05, 0.1) is 46.2 Å². The lowest BCUT2D eigenvalue weighted by molar-refractivity contribution is -0.129. The summed E-state index contributed by atoms with van der Waals surface area (Å²) < 4.78 is 25.4. The lowest BCUT2D eigenvalue weighted by Crippen LogP contribution is -2.54. The zero-order chi connectivity index (χ0) is 63.6. The number of thioether (sulfide) groups is 4. The van der Waals surface area contributed by atoms with E-state index in [0.717, 1.165) is 45.6 Å². The first-order valence-electron chi connectivity index (χ1n) is 29.1. The largest absolute Gasteiger partial charge is 0.393 e. The van der Waals surface area contributed by atoms with Crippen molar-refractivity contribution in [2.75, 3.05) is 0 Å². The second-order valence-electron chi connectivity index (χ2n) is 25.7. The van der Waals surface area contributed by atoms with Gasteiger partial charge < -0.3 is 36.6 Å². The third kappa shape index (κ3) is 15.7. The maximum atomic E-state index is 14.4. The fourth-order valence-corrected chi connectivity index (χ4v) is 15.5. The molecule has 21 heteroatoms. The fourth-order valence-electron chi connectivity index (χ4n) is 10.4. The number of alkyl halides is 1. The molecule has 4 saturated heterocycles. The first-order valence-corrected chi connectivity index (χ1v) is 33.2. The average molecular weight is 1310 g/mol. The molecular weight excluding hydrogens is 1220 g/mol. The minimum Gasteiger partial charge on any atom is -0.393 e. The highest BCUT2D eigenvalue weighted by molar-refractivity contribution is 9.10. The average Bonchev–Trinajstić information content (AvgIpc) is 2.56. The van der Waals surface area contributed by atoms with Crippen molar-refractivity contribution in [2.45, 2.75) is 216 Å². The van der Waals surface area contributed by atoms with Crippen molar-refractivity contribution in [3.8, 4) is 0 Å². The van der Waals surface area contributed by atoms with Gasteiger partial charge in [-0.3, -0.25) is 34.4 Å². The van der Waals surface area contributed by atoms with E-state index in [1.54, 1.807) is 53.7 Å². The lowest BCUT2D eigenvalue weighted by atomic mass is 9.80. The molecule has 85 heavy (non-hydrogen) atoms. The third-order valence-electron chi connectivity index (χ3n) is 18.1. The molecule has 0 aromatic heterocycles. The number of aliphatic hydroxyl groups excluding tert-OH is 1. The van der Waals surface area contributed by atoms with Crippen molar-refractivity contribution in [3.63, 3.8) is 0 Å². The first kappa shape index (κ1) is 70.0. The lowest BCUT2D eigenvalue weighted by Gasteiger charge is -2.37. The van der Waals surface area contributed by atoms with Gasteiger partial charge in [-0.1, -0.05) is 158 Å². The van der Waals surface area contributed by atoms with Crippen LogP contribution in [-0.2, 0) is 14.4 Å². The molecule has 2 saturated carbocycles. The summed E-state index contributed by atoms with van der Waals surface area (Å²) in [5.74, 6) is 0.229. The molecule has 9 rings (SSSR count). The fraction of sp³-hybridized carbons (Fsp3) is 0.578. The Bertz CT molecular complexity index is 2950. The minimum absolute atomic E-state index is 0.0169. The van der Waals surface area contributed by atoms with Gasteiger partial charge in [0, 0.05) is 10.2 Å². The summed E-state index contributed by atoms with van der Waals surface area (Å²) >= 11 is 8.97.